The molecule has 0 amide bonds. The fourth-order valence-electron chi connectivity index (χ4n) is 2.70. The lowest BCUT2D eigenvalue weighted by Gasteiger charge is -2.09. The Hall–Kier alpha value is -0.680. The largest absolute Gasteiger partial charge is 0.312 e. The minimum absolute atomic E-state index is 0.463. The summed E-state index contributed by atoms with van der Waals surface area (Å²) in [4.78, 5) is 4.67. The maximum absolute atomic E-state index is 6.07. The van der Waals surface area contributed by atoms with E-state index >= 15 is 0 Å². The standard InChI is InChI=1S/C15H25ClN4S/c1-4-20-15-14(12(2)18-20)17-13(11-16)19(15)9-7-5-6-8-10-21-3/h4-11H2,1-3H3. The molecule has 0 spiro atoms. The molecule has 0 atom stereocenters. The van der Waals surface area contributed by atoms with Crippen LogP contribution in [0.3, 0.4) is 0 Å². The van der Waals surface area contributed by atoms with Gasteiger partial charge in [0.15, 0.2) is 5.65 Å². The molecule has 0 unspecified atom stereocenters. The highest BCUT2D eigenvalue weighted by Gasteiger charge is 2.17. The summed E-state index contributed by atoms with van der Waals surface area (Å²) in [5.41, 5.74) is 3.14. The van der Waals surface area contributed by atoms with E-state index in [-0.39, 0.29) is 0 Å². The van der Waals surface area contributed by atoms with E-state index in [2.05, 4.69) is 27.8 Å². The van der Waals surface area contributed by atoms with Crippen LogP contribution >= 0.6 is 23.4 Å². The number of halogens is 1. The van der Waals surface area contributed by atoms with Crippen LogP contribution in [0.5, 0.6) is 0 Å². The Labute approximate surface area is 136 Å². The first-order valence-electron chi connectivity index (χ1n) is 7.70. The fourth-order valence-corrected chi connectivity index (χ4v) is 3.39. The summed E-state index contributed by atoms with van der Waals surface area (Å²) in [6.07, 6.45) is 7.23. The smallest absolute Gasteiger partial charge is 0.158 e. The van der Waals surface area contributed by atoms with Crippen LogP contribution < -0.4 is 0 Å². The van der Waals surface area contributed by atoms with Gasteiger partial charge >= 0.3 is 0 Å². The van der Waals surface area contributed by atoms with Gasteiger partial charge in [0, 0.05) is 13.1 Å². The molecule has 2 aromatic rings. The van der Waals surface area contributed by atoms with Crippen molar-refractivity contribution in [1.29, 1.82) is 0 Å². The van der Waals surface area contributed by atoms with Crippen molar-refractivity contribution >= 4 is 34.5 Å². The Balaban J connectivity index is 2.10. The Bertz CT molecular complexity index is 576. The van der Waals surface area contributed by atoms with E-state index in [0.717, 1.165) is 35.8 Å². The van der Waals surface area contributed by atoms with Gasteiger partial charge in [-0.3, -0.25) is 0 Å². The summed E-state index contributed by atoms with van der Waals surface area (Å²) in [6.45, 7) is 5.99. The van der Waals surface area contributed by atoms with Gasteiger partial charge in [0.05, 0.1) is 11.6 Å². The number of thioether (sulfide) groups is 1. The van der Waals surface area contributed by atoms with Gasteiger partial charge in [-0.2, -0.15) is 16.9 Å². The molecule has 2 heterocycles. The molecule has 0 N–H and O–H groups in total. The molecule has 4 nitrogen and oxygen atoms in total. The van der Waals surface area contributed by atoms with E-state index in [4.69, 9.17) is 11.6 Å². The molecular weight excluding hydrogens is 304 g/mol. The third kappa shape index (κ3) is 3.75. The second-order valence-corrected chi connectivity index (χ2v) is 6.55. The van der Waals surface area contributed by atoms with Crippen molar-refractivity contribution in [3.05, 3.63) is 11.5 Å². The van der Waals surface area contributed by atoms with E-state index in [1.165, 1.54) is 31.4 Å². The van der Waals surface area contributed by atoms with Gasteiger partial charge in [0.1, 0.15) is 11.3 Å². The lowest BCUT2D eigenvalue weighted by atomic mass is 10.2. The van der Waals surface area contributed by atoms with Gasteiger partial charge in [-0.1, -0.05) is 12.8 Å². The van der Waals surface area contributed by atoms with Gasteiger partial charge in [-0.05, 0) is 38.7 Å². The van der Waals surface area contributed by atoms with Crippen molar-refractivity contribution < 1.29 is 0 Å². The first-order valence-corrected chi connectivity index (χ1v) is 9.63. The number of aryl methyl sites for hydroxylation is 3. The van der Waals surface area contributed by atoms with Crippen LogP contribution in [0.2, 0.25) is 0 Å². The summed E-state index contributed by atoms with van der Waals surface area (Å²) in [6, 6.07) is 0. The lowest BCUT2D eigenvalue weighted by Crippen LogP contribution is -2.08. The van der Waals surface area contributed by atoms with E-state index in [0.29, 0.717) is 5.88 Å². The maximum atomic E-state index is 6.07. The summed E-state index contributed by atoms with van der Waals surface area (Å²) in [7, 11) is 0. The highest BCUT2D eigenvalue weighted by Crippen LogP contribution is 2.22. The number of hydrogen-bond donors (Lipinski definition) is 0. The summed E-state index contributed by atoms with van der Waals surface area (Å²) >= 11 is 8.00. The predicted octanol–water partition coefficient (Wildman–Crippen LogP) is 4.22. The number of fused-ring (bicyclic) bond motifs is 1. The molecule has 0 aliphatic carbocycles. The Morgan fingerprint density at radius 1 is 1.19 bits per heavy atom. The van der Waals surface area contributed by atoms with Gasteiger partial charge < -0.3 is 4.57 Å². The van der Waals surface area contributed by atoms with Crippen LogP contribution in [0.15, 0.2) is 0 Å². The zero-order valence-corrected chi connectivity index (χ0v) is 14.8. The first kappa shape index (κ1) is 16.7. The molecular formula is C15H25ClN4S. The van der Waals surface area contributed by atoms with Gasteiger partial charge in [0.2, 0.25) is 0 Å². The van der Waals surface area contributed by atoms with Crippen LogP contribution in [0, 0.1) is 6.92 Å². The Morgan fingerprint density at radius 2 is 1.95 bits per heavy atom. The van der Waals surface area contributed by atoms with E-state index in [1.807, 2.05) is 23.4 Å². The molecule has 0 saturated heterocycles. The molecule has 0 aliphatic rings. The minimum Gasteiger partial charge on any atom is -0.312 e. The van der Waals surface area contributed by atoms with Crippen molar-refractivity contribution in [2.24, 2.45) is 0 Å². The highest BCUT2D eigenvalue weighted by molar-refractivity contribution is 7.98. The summed E-state index contributed by atoms with van der Waals surface area (Å²) in [5, 5.41) is 4.56. The third-order valence-corrected chi connectivity index (χ3v) is 4.71. The average molecular weight is 329 g/mol. The van der Waals surface area contributed by atoms with Crippen LogP contribution in [-0.2, 0) is 19.0 Å². The normalized spacial score (nSPS) is 11.6. The van der Waals surface area contributed by atoms with Crippen LogP contribution in [-0.4, -0.2) is 31.3 Å². The van der Waals surface area contributed by atoms with Crippen molar-refractivity contribution in [1.82, 2.24) is 19.3 Å². The number of imidazole rings is 1. The number of hydrogen-bond acceptors (Lipinski definition) is 3. The molecule has 118 valence electrons. The second kappa shape index (κ2) is 8.08. The van der Waals surface area contributed by atoms with Crippen LogP contribution in [0.25, 0.3) is 11.2 Å². The third-order valence-electron chi connectivity index (χ3n) is 3.78. The fraction of sp³-hybridized carbons (Fsp3) is 0.733. The van der Waals surface area contributed by atoms with Crippen molar-refractivity contribution in [3.8, 4) is 0 Å². The number of aromatic nitrogens is 4. The van der Waals surface area contributed by atoms with Crippen molar-refractivity contribution in [2.75, 3.05) is 12.0 Å². The molecule has 0 bridgehead atoms. The molecule has 0 aromatic carbocycles. The number of unbranched alkanes of at least 4 members (excludes halogenated alkanes) is 3. The average Bonchev–Trinajstić information content (AvgIpc) is 3.00. The zero-order valence-electron chi connectivity index (χ0n) is 13.2. The van der Waals surface area contributed by atoms with Crippen LogP contribution in [0.4, 0.5) is 0 Å². The first-order chi connectivity index (χ1) is 10.2. The van der Waals surface area contributed by atoms with Gasteiger partial charge in [-0.25, -0.2) is 9.67 Å². The highest BCUT2D eigenvalue weighted by atomic mass is 35.5. The molecule has 2 rings (SSSR count). The molecule has 21 heavy (non-hydrogen) atoms. The van der Waals surface area contributed by atoms with Gasteiger partial charge in [0.25, 0.3) is 0 Å². The quantitative estimate of drug-likeness (QED) is 0.510. The number of nitrogens with zero attached hydrogens (tertiary/aromatic N) is 4. The van der Waals surface area contributed by atoms with Gasteiger partial charge in [-0.15, -0.1) is 11.6 Å². The SMILES string of the molecule is CCn1nc(C)c2nc(CCl)n(CCCCCCSC)c21. The molecule has 6 heteroatoms. The van der Waals surface area contributed by atoms with Crippen molar-refractivity contribution in [2.45, 2.75) is 58.5 Å². The lowest BCUT2D eigenvalue weighted by molar-refractivity contribution is 0.562. The molecule has 0 aliphatic heterocycles. The monoisotopic (exact) mass is 328 g/mol. The minimum atomic E-state index is 0.463. The zero-order chi connectivity index (χ0) is 15.2. The molecule has 0 fully saturated rings. The topological polar surface area (TPSA) is 35.6 Å². The molecule has 2 aromatic heterocycles. The number of rotatable bonds is 9. The molecule has 0 saturated carbocycles. The van der Waals surface area contributed by atoms with E-state index in [9.17, 15) is 0 Å². The molecule has 0 radical (unpaired) electrons. The van der Waals surface area contributed by atoms with Crippen LogP contribution in [0.1, 0.15) is 44.1 Å². The summed E-state index contributed by atoms with van der Waals surface area (Å²) < 4.78 is 4.31. The maximum Gasteiger partial charge on any atom is 0.158 e. The Kier molecular flexibility index (Phi) is 6.42. The Morgan fingerprint density at radius 3 is 2.62 bits per heavy atom. The van der Waals surface area contributed by atoms with E-state index < -0.39 is 0 Å². The predicted molar refractivity (Wildman–Crippen MR) is 92.3 cm³/mol. The van der Waals surface area contributed by atoms with E-state index in [1.54, 1.807) is 0 Å². The second-order valence-electron chi connectivity index (χ2n) is 5.29. The number of alkyl halides is 1. The van der Waals surface area contributed by atoms with Crippen molar-refractivity contribution in [3.63, 3.8) is 0 Å². The summed E-state index contributed by atoms with van der Waals surface area (Å²) in [5.74, 6) is 2.70.